The van der Waals surface area contributed by atoms with Crippen molar-refractivity contribution in [2.45, 2.75) is 38.3 Å². The van der Waals surface area contributed by atoms with Gasteiger partial charge in [0.25, 0.3) is 0 Å². The molecule has 0 aromatic heterocycles. The monoisotopic (exact) mass is 363 g/mol. The Bertz CT molecular complexity index is 604. The summed E-state index contributed by atoms with van der Waals surface area (Å²) in [4.78, 5) is 14.1. The van der Waals surface area contributed by atoms with Gasteiger partial charge in [-0.05, 0) is 38.3 Å². The molecule has 2 heterocycles. The van der Waals surface area contributed by atoms with Crippen molar-refractivity contribution in [2.75, 3.05) is 33.4 Å². The number of hydrogen-bond donors (Lipinski definition) is 2. The summed E-state index contributed by atoms with van der Waals surface area (Å²) < 4.78 is 17.3. The fraction of sp³-hybridized carbons (Fsp3) is 0.632. The molecule has 2 aliphatic heterocycles. The number of carbonyl (C=O) groups is 1. The van der Waals surface area contributed by atoms with Crippen LogP contribution in [0.2, 0.25) is 0 Å². The topological polar surface area (TPSA) is 86.1 Å². The molecule has 2 unspecified atom stereocenters. The molecule has 1 aromatic carbocycles. The number of para-hydroxylation sites is 1. The Labute approximate surface area is 154 Å². The fourth-order valence-corrected chi connectivity index (χ4v) is 3.73. The van der Waals surface area contributed by atoms with Crippen molar-refractivity contribution >= 4 is 5.91 Å². The normalized spacial score (nSPS) is 23.6. The second-order valence-corrected chi connectivity index (χ2v) is 6.98. The van der Waals surface area contributed by atoms with Crippen LogP contribution >= 0.6 is 0 Å². The zero-order chi connectivity index (χ0) is 18.4. The van der Waals surface area contributed by atoms with Gasteiger partial charge in [0.15, 0.2) is 11.5 Å². The van der Waals surface area contributed by atoms with Crippen LogP contribution in [0.15, 0.2) is 18.2 Å². The van der Waals surface area contributed by atoms with E-state index in [1.54, 1.807) is 7.11 Å². The van der Waals surface area contributed by atoms with Crippen LogP contribution in [-0.2, 0) is 16.1 Å². The number of carbonyl (C=O) groups excluding carboxylic acids is 1. The summed E-state index contributed by atoms with van der Waals surface area (Å²) in [6.07, 6.45) is 4.13. The van der Waals surface area contributed by atoms with Gasteiger partial charge in [-0.3, -0.25) is 15.1 Å². The van der Waals surface area contributed by atoms with E-state index < -0.39 is 0 Å². The number of nitrogens with zero attached hydrogens (tertiary/aromatic N) is 1. The van der Waals surface area contributed by atoms with Crippen LogP contribution < -0.4 is 20.7 Å². The highest BCUT2D eigenvalue weighted by atomic mass is 16.5. The molecule has 2 aliphatic rings. The van der Waals surface area contributed by atoms with E-state index in [4.69, 9.17) is 20.1 Å². The molecule has 0 spiro atoms. The van der Waals surface area contributed by atoms with Crippen molar-refractivity contribution in [3.8, 4) is 11.5 Å². The molecular weight excluding hydrogens is 334 g/mol. The molecule has 0 aliphatic carbocycles. The average molecular weight is 363 g/mol. The third-order valence-electron chi connectivity index (χ3n) is 5.13. The maximum atomic E-state index is 11.9. The maximum Gasteiger partial charge on any atom is 0.238 e. The Morgan fingerprint density at radius 3 is 3.00 bits per heavy atom. The van der Waals surface area contributed by atoms with Crippen LogP contribution in [-0.4, -0.2) is 50.3 Å². The Morgan fingerprint density at radius 1 is 1.38 bits per heavy atom. The predicted octanol–water partition coefficient (Wildman–Crippen LogP) is 1.45. The first-order chi connectivity index (χ1) is 12.7. The second-order valence-electron chi connectivity index (χ2n) is 6.98. The molecule has 7 heteroatoms. The largest absolute Gasteiger partial charge is 0.493 e. The van der Waals surface area contributed by atoms with E-state index in [1.807, 2.05) is 12.1 Å². The van der Waals surface area contributed by atoms with Crippen LogP contribution in [0.4, 0.5) is 0 Å². The van der Waals surface area contributed by atoms with E-state index in [2.05, 4.69) is 16.4 Å². The Hall–Kier alpha value is -1.83. The van der Waals surface area contributed by atoms with Crippen LogP contribution in [0, 0.1) is 5.92 Å². The zero-order valence-electron chi connectivity index (χ0n) is 15.4. The molecule has 1 aromatic rings. The lowest BCUT2D eigenvalue weighted by atomic mass is 9.97. The Kier molecular flexibility index (Phi) is 6.71. The number of nitrogens with one attached hydrogen (secondary N) is 1. The van der Waals surface area contributed by atoms with Gasteiger partial charge in [0.2, 0.25) is 5.91 Å². The van der Waals surface area contributed by atoms with Crippen molar-refractivity contribution in [3.63, 3.8) is 0 Å². The third-order valence-corrected chi connectivity index (χ3v) is 5.13. The molecule has 0 bridgehead atoms. The van der Waals surface area contributed by atoms with Gasteiger partial charge in [0, 0.05) is 25.3 Å². The number of benzene rings is 1. The van der Waals surface area contributed by atoms with Gasteiger partial charge in [-0.15, -0.1) is 0 Å². The van der Waals surface area contributed by atoms with Crippen LogP contribution in [0.25, 0.3) is 0 Å². The fourth-order valence-electron chi connectivity index (χ4n) is 3.73. The van der Waals surface area contributed by atoms with Gasteiger partial charge in [0.05, 0.1) is 19.1 Å². The van der Waals surface area contributed by atoms with Crippen molar-refractivity contribution < 1.29 is 19.0 Å². The van der Waals surface area contributed by atoms with Gasteiger partial charge in [-0.1, -0.05) is 12.1 Å². The van der Waals surface area contributed by atoms with E-state index in [0.29, 0.717) is 19.7 Å². The van der Waals surface area contributed by atoms with Crippen molar-refractivity contribution in [1.82, 2.24) is 10.3 Å². The number of ether oxygens (including phenoxy) is 3. The van der Waals surface area contributed by atoms with Gasteiger partial charge in [-0.25, -0.2) is 5.84 Å². The van der Waals surface area contributed by atoms with E-state index >= 15 is 0 Å². The van der Waals surface area contributed by atoms with Crippen LogP contribution in [0.3, 0.4) is 0 Å². The Morgan fingerprint density at radius 2 is 2.27 bits per heavy atom. The summed E-state index contributed by atoms with van der Waals surface area (Å²) in [6, 6.07) is 5.94. The number of piperidine rings is 1. The summed E-state index contributed by atoms with van der Waals surface area (Å²) in [5, 5.41) is 0. The van der Waals surface area contributed by atoms with Crippen molar-refractivity contribution in [1.29, 1.82) is 0 Å². The molecule has 0 saturated carbocycles. The molecule has 144 valence electrons. The second kappa shape index (κ2) is 9.21. The molecule has 2 atom stereocenters. The highest BCUT2D eigenvalue weighted by Crippen LogP contribution is 2.33. The quantitative estimate of drug-likeness (QED) is 0.433. The SMILES string of the molecule is COc1cccc(CN2CCCC(C(=O)NN)C2)c1OCC1CCCO1. The maximum absolute atomic E-state index is 11.9. The summed E-state index contributed by atoms with van der Waals surface area (Å²) >= 11 is 0. The molecule has 7 nitrogen and oxygen atoms in total. The molecule has 0 radical (unpaired) electrons. The number of rotatable bonds is 7. The number of nitrogens with two attached hydrogens (primary N) is 1. The minimum atomic E-state index is -0.0878. The molecule has 2 fully saturated rings. The molecule has 3 rings (SSSR count). The summed E-state index contributed by atoms with van der Waals surface area (Å²) in [6.45, 7) is 3.71. The zero-order valence-corrected chi connectivity index (χ0v) is 15.4. The number of hydrazine groups is 1. The van der Waals surface area contributed by atoms with E-state index in [1.165, 1.54) is 0 Å². The molecular formula is C19H29N3O4. The summed E-state index contributed by atoms with van der Waals surface area (Å²) in [5.41, 5.74) is 3.34. The predicted molar refractivity (Wildman–Crippen MR) is 97.8 cm³/mol. The van der Waals surface area contributed by atoms with Gasteiger partial charge >= 0.3 is 0 Å². The average Bonchev–Trinajstić information content (AvgIpc) is 3.20. The lowest BCUT2D eigenvalue weighted by Crippen LogP contribution is -2.44. The lowest BCUT2D eigenvalue weighted by Gasteiger charge is -2.32. The van der Waals surface area contributed by atoms with E-state index in [-0.39, 0.29) is 17.9 Å². The van der Waals surface area contributed by atoms with E-state index in [0.717, 1.165) is 55.9 Å². The minimum absolute atomic E-state index is 0.0596. The number of amides is 1. The van der Waals surface area contributed by atoms with Crippen LogP contribution in [0.1, 0.15) is 31.2 Å². The minimum Gasteiger partial charge on any atom is -0.493 e. The highest BCUT2D eigenvalue weighted by molar-refractivity contribution is 5.78. The third kappa shape index (κ3) is 4.66. The standard InChI is InChI=1S/C19H29N3O4/c1-24-17-8-2-5-14(18(17)26-13-16-7-4-10-25-16)11-22-9-3-6-15(12-22)19(23)21-20/h2,5,8,15-16H,3-4,6-7,9-13,20H2,1H3,(H,21,23). The van der Waals surface area contributed by atoms with Crippen molar-refractivity contribution in [3.05, 3.63) is 23.8 Å². The Balaban J connectivity index is 1.68. The highest BCUT2D eigenvalue weighted by Gasteiger charge is 2.26. The van der Waals surface area contributed by atoms with Gasteiger partial charge in [-0.2, -0.15) is 0 Å². The number of methoxy groups -OCH3 is 1. The summed E-state index contributed by atoms with van der Waals surface area (Å²) in [7, 11) is 1.65. The van der Waals surface area contributed by atoms with Crippen LogP contribution in [0.5, 0.6) is 11.5 Å². The number of likely N-dealkylation sites (tertiary alicyclic amines) is 1. The first kappa shape index (κ1) is 18.9. The number of hydrogen-bond acceptors (Lipinski definition) is 6. The smallest absolute Gasteiger partial charge is 0.238 e. The summed E-state index contributed by atoms with van der Waals surface area (Å²) in [5.74, 6) is 6.65. The first-order valence-electron chi connectivity index (χ1n) is 9.34. The lowest BCUT2D eigenvalue weighted by molar-refractivity contribution is -0.126. The van der Waals surface area contributed by atoms with Crippen molar-refractivity contribution in [2.24, 2.45) is 11.8 Å². The first-order valence-corrected chi connectivity index (χ1v) is 9.34. The molecule has 1 amide bonds. The van der Waals surface area contributed by atoms with Gasteiger partial charge in [0.1, 0.15) is 6.61 Å². The van der Waals surface area contributed by atoms with E-state index in [9.17, 15) is 4.79 Å². The molecule has 26 heavy (non-hydrogen) atoms. The molecule has 3 N–H and O–H groups in total. The molecule has 2 saturated heterocycles. The van der Waals surface area contributed by atoms with Gasteiger partial charge < -0.3 is 14.2 Å².